The normalized spacial score (nSPS) is 19.8. The van der Waals surface area contributed by atoms with Crippen LogP contribution in [0.15, 0.2) is 60.8 Å². The number of aromatic amines is 1. The molecule has 2 amide bonds. The average Bonchev–Trinajstić information content (AvgIpc) is 3.25. The Labute approximate surface area is 198 Å². The standard InChI is InChI=1S/C26H28N4O2S/c31-24(28-19-13-12-18-14-15-27-22(18)16-19)17-23-25(32)30(21-10-6-3-7-11-21)26(33)29(23)20-8-4-1-2-5-9-20/h3,6-7,10-16,20,23,27H,1-2,4-5,8-9,17H2,(H,28,31). The molecule has 33 heavy (non-hydrogen) atoms. The molecule has 2 fully saturated rings. The fourth-order valence-corrected chi connectivity index (χ4v) is 5.54. The largest absolute Gasteiger partial charge is 0.361 e. The Morgan fingerprint density at radius 2 is 1.79 bits per heavy atom. The van der Waals surface area contributed by atoms with E-state index in [1.165, 1.54) is 12.8 Å². The van der Waals surface area contributed by atoms with Gasteiger partial charge in [-0.25, -0.2) is 0 Å². The number of nitrogens with one attached hydrogen (secondary N) is 2. The van der Waals surface area contributed by atoms with Gasteiger partial charge in [-0.1, -0.05) is 49.9 Å². The van der Waals surface area contributed by atoms with Crippen LogP contribution in [-0.4, -0.2) is 38.9 Å². The van der Waals surface area contributed by atoms with E-state index in [4.69, 9.17) is 12.2 Å². The lowest BCUT2D eigenvalue weighted by Gasteiger charge is -2.32. The van der Waals surface area contributed by atoms with Gasteiger partial charge in [-0.05, 0) is 60.8 Å². The van der Waals surface area contributed by atoms with Crippen LogP contribution >= 0.6 is 12.2 Å². The minimum atomic E-state index is -0.588. The van der Waals surface area contributed by atoms with Gasteiger partial charge in [0.2, 0.25) is 5.91 Å². The minimum Gasteiger partial charge on any atom is -0.361 e. The number of H-pyrrole nitrogens is 1. The fraction of sp³-hybridized carbons (Fsp3) is 0.346. The van der Waals surface area contributed by atoms with E-state index in [1.807, 2.05) is 60.8 Å². The maximum absolute atomic E-state index is 13.6. The summed E-state index contributed by atoms with van der Waals surface area (Å²) in [6.07, 6.45) is 8.60. The highest BCUT2D eigenvalue weighted by Crippen LogP contribution is 2.33. The zero-order valence-corrected chi connectivity index (χ0v) is 19.3. The van der Waals surface area contributed by atoms with E-state index in [1.54, 1.807) is 4.90 Å². The molecule has 0 spiro atoms. The Morgan fingerprint density at radius 3 is 2.55 bits per heavy atom. The van der Waals surface area contributed by atoms with Crippen LogP contribution in [0.5, 0.6) is 0 Å². The van der Waals surface area contributed by atoms with Gasteiger partial charge in [-0.3, -0.25) is 14.5 Å². The van der Waals surface area contributed by atoms with E-state index in [-0.39, 0.29) is 24.3 Å². The number of aromatic nitrogens is 1. The zero-order chi connectivity index (χ0) is 22.8. The van der Waals surface area contributed by atoms with Crippen molar-refractivity contribution < 1.29 is 9.59 Å². The van der Waals surface area contributed by atoms with Gasteiger partial charge in [0.1, 0.15) is 6.04 Å². The number of hydrogen-bond donors (Lipinski definition) is 2. The first-order chi connectivity index (χ1) is 16.1. The molecule has 6 nitrogen and oxygen atoms in total. The van der Waals surface area contributed by atoms with E-state index in [0.717, 1.165) is 42.3 Å². The molecule has 1 aliphatic carbocycles. The maximum Gasteiger partial charge on any atom is 0.256 e. The van der Waals surface area contributed by atoms with Crippen LogP contribution in [0.25, 0.3) is 10.9 Å². The monoisotopic (exact) mass is 460 g/mol. The summed E-state index contributed by atoms with van der Waals surface area (Å²) >= 11 is 5.84. The van der Waals surface area contributed by atoms with E-state index in [0.29, 0.717) is 10.8 Å². The number of carbonyl (C=O) groups is 2. The molecule has 7 heteroatoms. The number of benzene rings is 2. The van der Waals surface area contributed by atoms with Gasteiger partial charge >= 0.3 is 0 Å². The van der Waals surface area contributed by atoms with Crippen molar-refractivity contribution in [1.29, 1.82) is 0 Å². The highest BCUT2D eigenvalue weighted by molar-refractivity contribution is 7.80. The smallest absolute Gasteiger partial charge is 0.256 e. The Morgan fingerprint density at radius 1 is 1.03 bits per heavy atom. The van der Waals surface area contributed by atoms with Crippen molar-refractivity contribution in [3.63, 3.8) is 0 Å². The molecular weight excluding hydrogens is 432 g/mol. The first-order valence-electron chi connectivity index (χ1n) is 11.7. The second kappa shape index (κ2) is 9.35. The molecule has 0 bridgehead atoms. The lowest BCUT2D eigenvalue weighted by atomic mass is 10.0. The van der Waals surface area contributed by atoms with Crippen molar-refractivity contribution in [3.8, 4) is 0 Å². The summed E-state index contributed by atoms with van der Waals surface area (Å²) in [7, 11) is 0. The second-order valence-electron chi connectivity index (χ2n) is 8.89. The van der Waals surface area contributed by atoms with Crippen molar-refractivity contribution in [3.05, 3.63) is 60.8 Å². The molecule has 0 radical (unpaired) electrons. The van der Waals surface area contributed by atoms with E-state index >= 15 is 0 Å². The number of thiocarbonyl (C=S) groups is 1. The molecule has 1 saturated carbocycles. The van der Waals surface area contributed by atoms with Gasteiger partial charge in [0.25, 0.3) is 5.91 Å². The summed E-state index contributed by atoms with van der Waals surface area (Å²) in [6.45, 7) is 0. The van der Waals surface area contributed by atoms with E-state index < -0.39 is 6.04 Å². The van der Waals surface area contributed by atoms with Crippen molar-refractivity contribution in [2.45, 2.75) is 57.0 Å². The van der Waals surface area contributed by atoms with Crippen LogP contribution in [0.1, 0.15) is 44.9 Å². The van der Waals surface area contributed by atoms with Gasteiger partial charge < -0.3 is 15.2 Å². The SMILES string of the molecule is O=C(CC1C(=O)N(c2ccccc2)C(=S)N1C1CCCCCC1)Nc1ccc2cc[nH]c2c1. The summed E-state index contributed by atoms with van der Waals surface area (Å²) < 4.78 is 0. The molecule has 1 saturated heterocycles. The molecule has 2 aromatic carbocycles. The van der Waals surface area contributed by atoms with Gasteiger partial charge in [-0.2, -0.15) is 0 Å². The number of carbonyl (C=O) groups excluding carboxylic acids is 2. The first kappa shape index (κ1) is 21.6. The maximum atomic E-state index is 13.6. The van der Waals surface area contributed by atoms with Crippen LogP contribution < -0.4 is 10.2 Å². The highest BCUT2D eigenvalue weighted by Gasteiger charge is 2.46. The van der Waals surface area contributed by atoms with Crippen molar-refractivity contribution in [2.24, 2.45) is 0 Å². The van der Waals surface area contributed by atoms with Crippen LogP contribution in [0.4, 0.5) is 11.4 Å². The molecule has 1 aromatic heterocycles. The van der Waals surface area contributed by atoms with Crippen molar-refractivity contribution >= 4 is 51.4 Å². The average molecular weight is 461 g/mol. The molecule has 2 aliphatic rings. The van der Waals surface area contributed by atoms with Gasteiger partial charge in [-0.15, -0.1) is 0 Å². The summed E-state index contributed by atoms with van der Waals surface area (Å²) in [5, 5.41) is 4.58. The molecule has 170 valence electrons. The highest BCUT2D eigenvalue weighted by atomic mass is 32.1. The number of amides is 2. The lowest BCUT2D eigenvalue weighted by molar-refractivity contribution is -0.125. The number of hydrogen-bond acceptors (Lipinski definition) is 3. The van der Waals surface area contributed by atoms with Crippen molar-refractivity contribution in [1.82, 2.24) is 9.88 Å². The molecule has 5 rings (SSSR count). The topological polar surface area (TPSA) is 68.4 Å². The molecule has 1 aliphatic heterocycles. The zero-order valence-electron chi connectivity index (χ0n) is 18.5. The second-order valence-corrected chi connectivity index (χ2v) is 9.26. The van der Waals surface area contributed by atoms with Crippen LogP contribution in [0.3, 0.4) is 0 Å². The third-order valence-corrected chi connectivity index (χ3v) is 7.10. The molecule has 1 atom stereocenters. The molecule has 3 aromatic rings. The van der Waals surface area contributed by atoms with Gasteiger partial charge in [0.05, 0.1) is 12.1 Å². The summed E-state index contributed by atoms with van der Waals surface area (Å²) in [4.78, 5) is 33.5. The number of fused-ring (bicyclic) bond motifs is 1. The fourth-order valence-electron chi connectivity index (χ4n) is 5.07. The summed E-state index contributed by atoms with van der Waals surface area (Å²) in [6, 6.07) is 16.8. The molecule has 2 N–H and O–H groups in total. The van der Waals surface area contributed by atoms with E-state index in [2.05, 4.69) is 15.2 Å². The number of nitrogens with zero attached hydrogens (tertiary/aromatic N) is 2. The van der Waals surface area contributed by atoms with Gasteiger partial charge in [0.15, 0.2) is 5.11 Å². The third-order valence-electron chi connectivity index (χ3n) is 6.70. The van der Waals surface area contributed by atoms with Crippen molar-refractivity contribution in [2.75, 3.05) is 10.2 Å². The van der Waals surface area contributed by atoms with Gasteiger partial charge in [0, 0.05) is 23.4 Å². The van der Waals surface area contributed by atoms with E-state index in [9.17, 15) is 9.59 Å². The summed E-state index contributed by atoms with van der Waals surface area (Å²) in [5.41, 5.74) is 2.43. The Bertz CT molecular complexity index is 1170. The minimum absolute atomic E-state index is 0.0710. The lowest BCUT2D eigenvalue weighted by Crippen LogP contribution is -2.44. The summed E-state index contributed by atoms with van der Waals surface area (Å²) in [5.74, 6) is -0.305. The molecule has 2 heterocycles. The van der Waals surface area contributed by atoms with Crippen LogP contribution in [0.2, 0.25) is 0 Å². The quantitative estimate of drug-likeness (QED) is 0.405. The molecular formula is C26H28N4O2S. The Hall–Kier alpha value is -3.19. The predicted molar refractivity (Wildman–Crippen MR) is 135 cm³/mol. The molecule has 1 unspecified atom stereocenters. The Kier molecular flexibility index (Phi) is 6.13. The Balaban J connectivity index is 1.39. The van der Waals surface area contributed by atoms with Crippen LogP contribution in [-0.2, 0) is 9.59 Å². The number of para-hydroxylation sites is 1. The third kappa shape index (κ3) is 4.37. The number of rotatable bonds is 5. The first-order valence-corrected chi connectivity index (χ1v) is 12.1. The van der Waals surface area contributed by atoms with Crippen LogP contribution in [0, 0.1) is 0 Å². The predicted octanol–water partition coefficient (Wildman–Crippen LogP) is 5.22. The number of anilines is 2.